The molecule has 0 bridgehead atoms. The van der Waals surface area contributed by atoms with Gasteiger partial charge in [-0.15, -0.1) is 0 Å². The third-order valence-electron chi connectivity index (χ3n) is 8.07. The number of fused-ring (bicyclic) bond motifs is 3. The fourth-order valence-electron chi connectivity index (χ4n) is 6.93. The quantitative estimate of drug-likeness (QED) is 0.761. The number of aromatic nitrogens is 1. The molecule has 31 heavy (non-hydrogen) atoms. The van der Waals surface area contributed by atoms with Gasteiger partial charge in [0.1, 0.15) is 5.54 Å². The molecule has 5 rings (SSSR count). The number of hydrogen-bond donors (Lipinski definition) is 1. The van der Waals surface area contributed by atoms with Gasteiger partial charge >= 0.3 is 0 Å². The Morgan fingerprint density at radius 1 is 1.19 bits per heavy atom. The van der Waals surface area contributed by atoms with Gasteiger partial charge in [-0.3, -0.25) is 4.98 Å². The predicted octanol–water partition coefficient (Wildman–Crippen LogP) is 1.89. The van der Waals surface area contributed by atoms with Gasteiger partial charge in [-0.2, -0.15) is 0 Å². The van der Waals surface area contributed by atoms with Crippen molar-refractivity contribution in [2.75, 3.05) is 7.11 Å². The van der Waals surface area contributed by atoms with E-state index in [1.807, 2.05) is 19.5 Å². The summed E-state index contributed by atoms with van der Waals surface area (Å²) in [5.74, 6) is 0.457. The lowest BCUT2D eigenvalue weighted by atomic mass is 9.44. The van der Waals surface area contributed by atoms with E-state index in [-0.39, 0.29) is 5.41 Å². The van der Waals surface area contributed by atoms with E-state index < -0.39 is 10.9 Å². The molecule has 2 aromatic rings. The summed E-state index contributed by atoms with van der Waals surface area (Å²) in [5, 5.41) is -0.522. The van der Waals surface area contributed by atoms with Crippen LogP contribution in [0.3, 0.4) is 0 Å². The minimum Gasteiger partial charge on any atom is -0.475 e. The van der Waals surface area contributed by atoms with Gasteiger partial charge in [0.25, 0.3) is 6.02 Å². The molecule has 1 unspecified atom stereocenters. The van der Waals surface area contributed by atoms with Crippen LogP contribution in [0.25, 0.3) is 11.1 Å². The lowest BCUT2D eigenvalue weighted by Crippen LogP contribution is -2.60. The third kappa shape index (κ3) is 2.82. The number of nitrogens with two attached hydrogens (primary N) is 1. The second kappa shape index (κ2) is 6.86. The van der Waals surface area contributed by atoms with Crippen molar-refractivity contribution in [3.63, 3.8) is 0 Å². The molecule has 4 atom stereocenters. The third-order valence-corrected chi connectivity index (χ3v) is 8.07. The number of benzene rings is 1. The van der Waals surface area contributed by atoms with E-state index in [4.69, 9.17) is 20.2 Å². The Hall–Kier alpha value is -2.27. The molecule has 0 radical (unpaired) electrons. The highest BCUT2D eigenvalue weighted by atomic mass is 16.5. The van der Waals surface area contributed by atoms with E-state index in [1.54, 1.807) is 0 Å². The van der Waals surface area contributed by atoms with E-state index in [1.165, 1.54) is 16.7 Å². The van der Waals surface area contributed by atoms with Gasteiger partial charge in [-0.1, -0.05) is 19.1 Å². The zero-order chi connectivity index (χ0) is 22.0. The molecule has 2 aliphatic carbocycles. The molecule has 1 aliphatic heterocycles. The number of rotatable bonds is 2. The van der Waals surface area contributed by atoms with Crippen LogP contribution >= 0.6 is 0 Å². The summed E-state index contributed by atoms with van der Waals surface area (Å²) in [6, 6.07) is 9.33. The maximum atomic E-state index is 6.26. The number of aliphatic imine (C=N–C) groups is 1. The zero-order valence-corrected chi connectivity index (χ0v) is 19.2. The van der Waals surface area contributed by atoms with Crippen molar-refractivity contribution in [3.05, 3.63) is 53.3 Å². The molecule has 1 fully saturated rings. The van der Waals surface area contributed by atoms with Gasteiger partial charge in [-0.25, -0.2) is 4.99 Å². The van der Waals surface area contributed by atoms with Gasteiger partial charge in [0.2, 0.25) is 0 Å². The van der Waals surface area contributed by atoms with Crippen LogP contribution in [-0.4, -0.2) is 45.3 Å². The van der Waals surface area contributed by atoms with E-state index in [0.717, 1.165) is 36.8 Å². The van der Waals surface area contributed by atoms with Crippen LogP contribution in [-0.2, 0) is 21.4 Å². The van der Waals surface area contributed by atoms with E-state index in [0.29, 0.717) is 18.0 Å². The van der Waals surface area contributed by atoms with E-state index in [2.05, 4.69) is 58.8 Å². The number of aryl methyl sites for hydroxylation is 1. The SMILES string of the molecule is BC1(B)OC(N)=NC12c1cc(-c3cncc(C)c3)ccc1C[C@@]21CC[C@H](OC)[C@@H](C)C1. The van der Waals surface area contributed by atoms with Gasteiger partial charge < -0.3 is 15.2 Å². The summed E-state index contributed by atoms with van der Waals surface area (Å²) in [6.07, 6.45) is 8.26. The van der Waals surface area contributed by atoms with Crippen molar-refractivity contribution in [2.45, 2.75) is 56.6 Å². The van der Waals surface area contributed by atoms with E-state index >= 15 is 0 Å². The molecule has 5 nitrogen and oxygen atoms in total. The lowest BCUT2D eigenvalue weighted by molar-refractivity contribution is -0.0559. The first-order valence-corrected chi connectivity index (χ1v) is 11.3. The van der Waals surface area contributed by atoms with Crippen LogP contribution < -0.4 is 5.73 Å². The summed E-state index contributed by atoms with van der Waals surface area (Å²) in [4.78, 5) is 9.55. The normalized spacial score (nSPS) is 33.3. The van der Waals surface area contributed by atoms with Gasteiger partial charge in [-0.05, 0) is 72.9 Å². The Kier molecular flexibility index (Phi) is 4.57. The highest BCUT2D eigenvalue weighted by Gasteiger charge is 2.68. The first-order chi connectivity index (χ1) is 14.7. The molecular formula is C24H31B2N3O2. The van der Waals surface area contributed by atoms with Crippen molar-refractivity contribution < 1.29 is 9.47 Å². The number of amidine groups is 1. The van der Waals surface area contributed by atoms with Crippen molar-refractivity contribution in [3.8, 4) is 11.1 Å². The van der Waals surface area contributed by atoms with Gasteiger partial charge in [0.05, 0.1) is 11.5 Å². The number of pyridine rings is 1. The lowest BCUT2D eigenvalue weighted by Gasteiger charge is -2.53. The Morgan fingerprint density at radius 3 is 2.65 bits per heavy atom. The summed E-state index contributed by atoms with van der Waals surface area (Å²) in [6.45, 7) is 4.39. The molecule has 2 spiro atoms. The summed E-state index contributed by atoms with van der Waals surface area (Å²) in [7, 11) is 6.14. The molecule has 2 N–H and O–H groups in total. The minimum absolute atomic E-state index is 0.0299. The highest BCUT2D eigenvalue weighted by Crippen LogP contribution is 2.65. The molecule has 0 saturated heterocycles. The summed E-state index contributed by atoms with van der Waals surface area (Å²) >= 11 is 0. The Labute approximate surface area is 186 Å². The number of ether oxygens (including phenoxy) is 2. The van der Waals surface area contributed by atoms with Crippen LogP contribution in [0.15, 0.2) is 41.7 Å². The first-order valence-electron chi connectivity index (χ1n) is 11.3. The monoisotopic (exact) mass is 415 g/mol. The fourth-order valence-corrected chi connectivity index (χ4v) is 6.93. The average Bonchev–Trinajstić information content (AvgIpc) is 3.12. The van der Waals surface area contributed by atoms with Crippen molar-refractivity contribution in [1.82, 2.24) is 4.98 Å². The molecule has 0 amide bonds. The maximum Gasteiger partial charge on any atom is 0.282 e. The Balaban J connectivity index is 1.70. The van der Waals surface area contributed by atoms with E-state index in [9.17, 15) is 0 Å². The number of nitrogens with zero attached hydrogens (tertiary/aromatic N) is 2. The van der Waals surface area contributed by atoms with Crippen LogP contribution in [0, 0.1) is 18.3 Å². The van der Waals surface area contributed by atoms with Crippen molar-refractivity contribution in [1.29, 1.82) is 0 Å². The van der Waals surface area contributed by atoms with Crippen molar-refractivity contribution in [2.24, 2.45) is 22.1 Å². The van der Waals surface area contributed by atoms with Gasteiger partial charge in [0, 0.05) is 30.5 Å². The first kappa shape index (κ1) is 20.6. The highest BCUT2D eigenvalue weighted by molar-refractivity contribution is 6.41. The summed E-state index contributed by atoms with van der Waals surface area (Å²) in [5.41, 5.74) is 11.8. The molecule has 2 heterocycles. The maximum absolute atomic E-state index is 6.26. The standard InChI is InChI=1S/C24H31B2N3O2/c1-14-8-18(13-28-12-14)16-4-5-17-11-22(7-6-20(30-3)15(2)10-22)23(19(17)9-16)24(25,26)31-21(27)29-23/h4-5,8-9,12-13,15,20H,6-7,10-11,25-26H2,1-3H3,(H2,27,29)/t15-,20-,22-,23?/m0/s1. The van der Waals surface area contributed by atoms with Crippen LogP contribution in [0.5, 0.6) is 0 Å². The number of hydrogen-bond acceptors (Lipinski definition) is 5. The average molecular weight is 415 g/mol. The summed E-state index contributed by atoms with van der Waals surface area (Å²) < 4.78 is 12.0. The Bertz CT molecular complexity index is 1070. The zero-order valence-electron chi connectivity index (χ0n) is 19.2. The molecule has 7 heteroatoms. The Morgan fingerprint density at radius 2 is 2.00 bits per heavy atom. The fraction of sp³-hybridized carbons (Fsp3) is 0.500. The smallest absolute Gasteiger partial charge is 0.282 e. The van der Waals surface area contributed by atoms with Crippen LogP contribution in [0.4, 0.5) is 0 Å². The second-order valence-corrected chi connectivity index (χ2v) is 10.3. The molecular weight excluding hydrogens is 384 g/mol. The molecule has 1 aromatic carbocycles. The largest absolute Gasteiger partial charge is 0.475 e. The minimum atomic E-state index is -0.522. The van der Waals surface area contributed by atoms with Crippen LogP contribution in [0.2, 0.25) is 0 Å². The molecule has 1 aromatic heterocycles. The molecule has 1 saturated carbocycles. The topological polar surface area (TPSA) is 69.7 Å². The van der Waals surface area contributed by atoms with Crippen molar-refractivity contribution >= 4 is 21.7 Å². The second-order valence-electron chi connectivity index (χ2n) is 10.3. The molecule has 160 valence electrons. The predicted molar refractivity (Wildman–Crippen MR) is 129 cm³/mol. The van der Waals surface area contributed by atoms with Crippen LogP contribution in [0.1, 0.15) is 42.9 Å². The number of methoxy groups -OCH3 is 1. The molecule has 3 aliphatic rings. The van der Waals surface area contributed by atoms with Gasteiger partial charge in [0.15, 0.2) is 15.7 Å².